The average molecular weight is 221 g/mol. The Morgan fingerprint density at radius 1 is 1.56 bits per heavy atom. The lowest BCUT2D eigenvalue weighted by molar-refractivity contribution is -0.483. The maximum Gasteiger partial charge on any atom is 0.211 e. The third kappa shape index (κ3) is 3.38. The van der Waals surface area contributed by atoms with E-state index in [1.807, 2.05) is 6.92 Å². The lowest BCUT2D eigenvalue weighted by Gasteiger charge is -2.14. The van der Waals surface area contributed by atoms with E-state index in [9.17, 15) is 15.2 Å². The average Bonchev–Trinajstić information content (AvgIpc) is 2.15. The molecule has 4 nitrogen and oxygen atoms in total. The Hall–Kier alpha value is -1.84. The van der Waals surface area contributed by atoms with Crippen LogP contribution in [0.5, 0.6) is 5.75 Å². The van der Waals surface area contributed by atoms with E-state index in [0.717, 1.165) is 5.57 Å². The number of nitrogens with zero attached hydrogens (tertiary/aromatic N) is 1. The summed E-state index contributed by atoms with van der Waals surface area (Å²) in [5, 5.41) is 20.2. The largest absolute Gasteiger partial charge is 0.508 e. The number of rotatable bonds is 5. The number of aromatic hydroxyl groups is 1. The van der Waals surface area contributed by atoms with Crippen LogP contribution in [-0.2, 0) is 0 Å². The van der Waals surface area contributed by atoms with Gasteiger partial charge in [-0.2, -0.15) is 0 Å². The van der Waals surface area contributed by atoms with Crippen molar-refractivity contribution in [3.63, 3.8) is 0 Å². The molecule has 0 aromatic heterocycles. The van der Waals surface area contributed by atoms with E-state index < -0.39 is 0 Å². The molecule has 0 aliphatic rings. The van der Waals surface area contributed by atoms with Gasteiger partial charge in [0, 0.05) is 10.5 Å². The van der Waals surface area contributed by atoms with Crippen LogP contribution in [0.3, 0.4) is 0 Å². The number of nitro groups is 1. The van der Waals surface area contributed by atoms with Gasteiger partial charge in [-0.05, 0) is 19.4 Å². The number of hydrogen-bond acceptors (Lipinski definition) is 3. The predicted molar refractivity (Wildman–Crippen MR) is 62.1 cm³/mol. The topological polar surface area (TPSA) is 63.4 Å². The molecular weight excluding hydrogens is 206 g/mol. The third-order valence-electron chi connectivity index (χ3n) is 2.34. The fraction of sp³-hybridized carbons (Fsp3) is 0.333. The standard InChI is InChI=1S/C12H15NO3/c1-9(2)7-10(8-13(15)16)11-5-3-4-6-12(11)14/h3-6,10,14H,1,7-8H2,2H3/t10-/m1/s1. The van der Waals surface area contributed by atoms with Crippen molar-refractivity contribution >= 4 is 0 Å². The van der Waals surface area contributed by atoms with Crippen LogP contribution in [0, 0.1) is 10.1 Å². The van der Waals surface area contributed by atoms with Crippen molar-refractivity contribution in [2.24, 2.45) is 0 Å². The molecule has 0 amide bonds. The summed E-state index contributed by atoms with van der Waals surface area (Å²) < 4.78 is 0. The monoisotopic (exact) mass is 221 g/mol. The molecule has 1 aromatic rings. The van der Waals surface area contributed by atoms with Gasteiger partial charge < -0.3 is 5.11 Å². The van der Waals surface area contributed by atoms with Crippen molar-refractivity contribution in [1.29, 1.82) is 0 Å². The molecule has 1 N–H and O–H groups in total. The molecule has 0 saturated carbocycles. The highest BCUT2D eigenvalue weighted by atomic mass is 16.6. The molecule has 0 aliphatic heterocycles. The molecule has 0 aliphatic carbocycles. The molecule has 0 unspecified atom stereocenters. The molecule has 0 heterocycles. The summed E-state index contributed by atoms with van der Waals surface area (Å²) >= 11 is 0. The first kappa shape index (κ1) is 12.2. The summed E-state index contributed by atoms with van der Waals surface area (Å²) in [6, 6.07) is 6.72. The van der Waals surface area contributed by atoms with E-state index in [-0.39, 0.29) is 23.1 Å². The predicted octanol–water partition coefficient (Wildman–Crippen LogP) is 2.72. The van der Waals surface area contributed by atoms with Crippen LogP contribution < -0.4 is 0 Å². The first-order valence-electron chi connectivity index (χ1n) is 5.04. The Bertz CT molecular complexity index is 385. The van der Waals surface area contributed by atoms with E-state index in [0.29, 0.717) is 12.0 Å². The van der Waals surface area contributed by atoms with Gasteiger partial charge in [0.1, 0.15) is 5.75 Å². The molecule has 1 aromatic carbocycles. The van der Waals surface area contributed by atoms with E-state index in [4.69, 9.17) is 0 Å². The second-order valence-corrected chi connectivity index (χ2v) is 3.93. The fourth-order valence-electron chi connectivity index (χ4n) is 1.71. The number of hydrogen-bond donors (Lipinski definition) is 1. The van der Waals surface area contributed by atoms with Gasteiger partial charge >= 0.3 is 0 Å². The van der Waals surface area contributed by atoms with Gasteiger partial charge in [0.2, 0.25) is 6.54 Å². The van der Waals surface area contributed by atoms with Gasteiger partial charge in [-0.25, -0.2) is 0 Å². The highest BCUT2D eigenvalue weighted by Gasteiger charge is 2.20. The van der Waals surface area contributed by atoms with Gasteiger partial charge in [0.25, 0.3) is 0 Å². The highest BCUT2D eigenvalue weighted by molar-refractivity contribution is 5.35. The number of para-hydroxylation sites is 1. The van der Waals surface area contributed by atoms with Crippen molar-refractivity contribution in [1.82, 2.24) is 0 Å². The smallest absolute Gasteiger partial charge is 0.211 e. The zero-order valence-corrected chi connectivity index (χ0v) is 9.22. The molecule has 1 atom stereocenters. The molecular formula is C12H15NO3. The molecule has 16 heavy (non-hydrogen) atoms. The minimum atomic E-state index is -0.361. The summed E-state index contributed by atoms with van der Waals surface area (Å²) in [5.74, 6) is -0.204. The molecule has 0 fully saturated rings. The third-order valence-corrected chi connectivity index (χ3v) is 2.34. The van der Waals surface area contributed by atoms with Gasteiger partial charge in [-0.3, -0.25) is 10.1 Å². The quantitative estimate of drug-likeness (QED) is 0.472. The van der Waals surface area contributed by atoms with Crippen LogP contribution in [0.1, 0.15) is 24.8 Å². The number of benzene rings is 1. The molecule has 1 rings (SSSR count). The van der Waals surface area contributed by atoms with E-state index >= 15 is 0 Å². The second kappa shape index (κ2) is 5.30. The maximum absolute atomic E-state index is 10.6. The SMILES string of the molecule is C=C(C)C[C@H](C[N+](=O)[O-])c1ccccc1O. The van der Waals surface area contributed by atoms with Gasteiger partial charge in [-0.1, -0.05) is 23.8 Å². The zero-order valence-electron chi connectivity index (χ0n) is 9.22. The number of allylic oxidation sites excluding steroid dienone is 1. The van der Waals surface area contributed by atoms with Gasteiger partial charge in [0.05, 0.1) is 5.92 Å². The zero-order chi connectivity index (χ0) is 12.1. The van der Waals surface area contributed by atoms with Crippen LogP contribution in [0.2, 0.25) is 0 Å². The minimum absolute atomic E-state index is 0.107. The molecule has 4 heteroatoms. The van der Waals surface area contributed by atoms with Crippen molar-refractivity contribution in [3.8, 4) is 5.75 Å². The van der Waals surface area contributed by atoms with E-state index in [1.54, 1.807) is 24.3 Å². The summed E-state index contributed by atoms with van der Waals surface area (Å²) in [6.45, 7) is 5.39. The first-order valence-corrected chi connectivity index (χ1v) is 5.04. The van der Waals surface area contributed by atoms with E-state index in [1.165, 1.54) is 0 Å². The van der Waals surface area contributed by atoms with Crippen LogP contribution in [0.25, 0.3) is 0 Å². The Morgan fingerprint density at radius 2 is 2.19 bits per heavy atom. The van der Waals surface area contributed by atoms with Crippen molar-refractivity contribution < 1.29 is 10.0 Å². The molecule has 0 bridgehead atoms. The summed E-state index contributed by atoms with van der Waals surface area (Å²) in [4.78, 5) is 10.2. The second-order valence-electron chi connectivity index (χ2n) is 3.93. The van der Waals surface area contributed by atoms with E-state index in [2.05, 4.69) is 6.58 Å². The van der Waals surface area contributed by atoms with Crippen molar-refractivity contribution in [2.75, 3.05) is 6.54 Å². The van der Waals surface area contributed by atoms with Crippen LogP contribution >= 0.6 is 0 Å². The molecule has 0 spiro atoms. The Morgan fingerprint density at radius 3 is 2.69 bits per heavy atom. The Labute approximate surface area is 94.4 Å². The molecule has 86 valence electrons. The highest BCUT2D eigenvalue weighted by Crippen LogP contribution is 2.29. The molecule has 0 saturated heterocycles. The number of phenols is 1. The summed E-state index contributed by atoms with van der Waals surface area (Å²) in [5.41, 5.74) is 1.48. The first-order chi connectivity index (χ1) is 7.50. The van der Waals surface area contributed by atoms with Gasteiger partial charge in [0.15, 0.2) is 0 Å². The maximum atomic E-state index is 10.6. The number of phenolic OH excluding ortho intramolecular Hbond substituents is 1. The van der Waals surface area contributed by atoms with Crippen molar-refractivity contribution in [3.05, 3.63) is 52.1 Å². The van der Waals surface area contributed by atoms with Crippen LogP contribution in [0.15, 0.2) is 36.4 Å². The fourth-order valence-corrected chi connectivity index (χ4v) is 1.71. The summed E-state index contributed by atoms with van der Waals surface area (Å²) in [6.07, 6.45) is 0.512. The molecule has 0 radical (unpaired) electrons. The Kier molecular flexibility index (Phi) is 4.05. The minimum Gasteiger partial charge on any atom is -0.508 e. The van der Waals surface area contributed by atoms with Crippen LogP contribution in [0.4, 0.5) is 0 Å². The van der Waals surface area contributed by atoms with Gasteiger partial charge in [-0.15, -0.1) is 6.58 Å². The Balaban J connectivity index is 2.96. The van der Waals surface area contributed by atoms with Crippen molar-refractivity contribution in [2.45, 2.75) is 19.3 Å². The van der Waals surface area contributed by atoms with Crippen LogP contribution in [-0.4, -0.2) is 16.6 Å². The summed E-state index contributed by atoms with van der Waals surface area (Å²) in [7, 11) is 0. The lowest BCUT2D eigenvalue weighted by atomic mass is 9.92. The lowest BCUT2D eigenvalue weighted by Crippen LogP contribution is -2.13. The normalized spacial score (nSPS) is 12.1.